The van der Waals surface area contributed by atoms with Crippen LogP contribution in [-0.2, 0) is 27.1 Å². The number of hydrogen-bond donors (Lipinski definition) is 2. The first-order chi connectivity index (χ1) is 13.6. The van der Waals surface area contributed by atoms with Crippen LogP contribution in [0.1, 0.15) is 12.0 Å². The summed E-state index contributed by atoms with van der Waals surface area (Å²) in [5.74, 6) is 0. The minimum atomic E-state index is -4.44. The van der Waals surface area contributed by atoms with Crippen LogP contribution in [0.25, 0.3) is 0 Å². The van der Waals surface area contributed by atoms with Gasteiger partial charge in [-0.15, -0.1) is 12.6 Å². The van der Waals surface area contributed by atoms with Gasteiger partial charge >= 0.3 is 69.7 Å². The van der Waals surface area contributed by atoms with Crippen molar-refractivity contribution < 1.29 is 84.7 Å². The minimum Gasteiger partial charge on any atom is -0.744 e. The fraction of sp³-hybridized carbons (Fsp3) is 0.176. The normalized spacial score (nSPS) is 9.58. The number of nitrogens with one attached hydrogen (secondary N) is 2. The molecule has 0 unspecified atom stereocenters. The van der Waals surface area contributed by atoms with Crippen LogP contribution >= 0.6 is 24.4 Å². The van der Waals surface area contributed by atoms with Crippen molar-refractivity contribution >= 4 is 60.8 Å². The standard InChI is InChI=1S/C17H17N2O3S3.2Na.O3S/c20-25(21,22)16-8-6-14(7-9-16)19-17(24)18-11-10-15(23)12-13-4-2-1-3-5-13;;;1-4(2)3/h2-9H,10-12H2,(H2,18,19,24)(H,20,21,22);;;/q-1;2*+1;/p-1. The van der Waals surface area contributed by atoms with E-state index in [9.17, 15) is 13.0 Å². The van der Waals surface area contributed by atoms with Gasteiger partial charge in [0.15, 0.2) is 5.11 Å². The maximum Gasteiger partial charge on any atom is 1.00 e. The molecule has 2 aromatic carbocycles. The van der Waals surface area contributed by atoms with E-state index in [4.69, 9.17) is 37.1 Å². The minimum absolute atomic E-state index is 0. The molecule has 0 amide bonds. The van der Waals surface area contributed by atoms with Gasteiger partial charge in [-0.05, 0) is 54.2 Å². The van der Waals surface area contributed by atoms with E-state index in [1.54, 1.807) is 0 Å². The molecule has 156 valence electrons. The van der Waals surface area contributed by atoms with Crippen molar-refractivity contribution in [2.45, 2.75) is 17.7 Å². The summed E-state index contributed by atoms with van der Waals surface area (Å²) < 4.78 is 58.0. The van der Waals surface area contributed by atoms with Gasteiger partial charge in [0, 0.05) is 12.2 Å². The van der Waals surface area contributed by atoms with Crippen LogP contribution in [0.5, 0.6) is 0 Å². The van der Waals surface area contributed by atoms with E-state index in [0.29, 0.717) is 23.8 Å². The van der Waals surface area contributed by atoms with Crippen LogP contribution in [0, 0.1) is 6.07 Å². The van der Waals surface area contributed by atoms with Crippen LogP contribution in [-0.4, -0.2) is 42.1 Å². The first-order valence-corrected chi connectivity index (χ1v) is 11.1. The number of rotatable bonds is 7. The van der Waals surface area contributed by atoms with Crippen LogP contribution in [0.4, 0.5) is 5.69 Å². The van der Waals surface area contributed by atoms with Gasteiger partial charge in [-0.3, -0.25) is 0 Å². The van der Waals surface area contributed by atoms with E-state index >= 15 is 0 Å². The van der Waals surface area contributed by atoms with Crippen LogP contribution in [0.3, 0.4) is 0 Å². The Morgan fingerprint density at radius 2 is 1.52 bits per heavy atom. The summed E-state index contributed by atoms with van der Waals surface area (Å²) in [6.45, 7) is 0.594. The average molecular weight is 519 g/mol. The second-order valence-corrected chi connectivity index (χ2v) is 8.21. The fourth-order valence-corrected chi connectivity index (χ4v) is 3.01. The molecule has 2 aromatic rings. The predicted molar refractivity (Wildman–Crippen MR) is 115 cm³/mol. The van der Waals surface area contributed by atoms with Crippen molar-refractivity contribution in [1.29, 1.82) is 0 Å². The molecule has 0 heterocycles. The number of thiocarbonyl (C=S) groups is 2. The third-order valence-corrected chi connectivity index (χ3v) is 4.72. The van der Waals surface area contributed by atoms with E-state index in [0.717, 1.165) is 16.8 Å². The van der Waals surface area contributed by atoms with Gasteiger partial charge in [0.25, 0.3) is 0 Å². The Balaban J connectivity index is 0. The molecule has 2 rings (SSSR count). The molecule has 0 aliphatic carbocycles. The number of anilines is 1. The summed E-state index contributed by atoms with van der Waals surface area (Å²) in [4.78, 5) is 0.646. The van der Waals surface area contributed by atoms with Gasteiger partial charge in [0.05, 0.1) is 4.90 Å². The summed E-state index contributed by atoms with van der Waals surface area (Å²) in [6, 6.07) is 16.1. The maximum absolute atomic E-state index is 10.9. The first kappa shape index (κ1) is 32.9. The van der Waals surface area contributed by atoms with Crippen LogP contribution in [0.15, 0.2) is 53.4 Å². The summed E-state index contributed by atoms with van der Waals surface area (Å²) in [5, 5.41) is 6.36. The SMILES string of the molecule is O=S(=O)([O-])c1ccc(NC(=S)NCCC(=S)Cc2cc[c-]cc2)cc1.O=S(=O)=O.[Na+].[Na+]. The smallest absolute Gasteiger partial charge is 0.744 e. The predicted octanol–water partition coefficient (Wildman–Crippen LogP) is -4.32. The molecule has 0 aliphatic heterocycles. The Bertz CT molecular complexity index is 1040. The molecule has 0 saturated carbocycles. The molecule has 0 saturated heterocycles. The number of benzene rings is 2. The van der Waals surface area contributed by atoms with E-state index in [1.807, 2.05) is 24.3 Å². The fourth-order valence-electron chi connectivity index (χ4n) is 2.05. The molecule has 2 N–H and O–H groups in total. The zero-order valence-corrected chi connectivity index (χ0v) is 24.1. The molecule has 0 atom stereocenters. The van der Waals surface area contributed by atoms with Gasteiger partial charge in [-0.25, -0.2) is 8.42 Å². The number of hydrogen-bond acceptors (Lipinski definition) is 8. The molecule has 0 spiro atoms. The molecule has 14 heteroatoms. The Kier molecular flexibility index (Phi) is 18.3. The molecule has 0 radical (unpaired) electrons. The monoisotopic (exact) mass is 518 g/mol. The molecule has 0 aliphatic rings. The zero-order valence-electron chi connectivity index (χ0n) is 16.8. The van der Waals surface area contributed by atoms with Crippen LogP contribution in [0.2, 0.25) is 0 Å². The van der Waals surface area contributed by atoms with E-state index in [-0.39, 0.29) is 64.0 Å². The molecule has 31 heavy (non-hydrogen) atoms. The van der Waals surface area contributed by atoms with Crippen LogP contribution < -0.4 is 69.7 Å². The first-order valence-electron chi connectivity index (χ1n) is 7.92. The molecule has 0 aromatic heterocycles. The van der Waals surface area contributed by atoms with E-state index in [2.05, 4.69) is 16.7 Å². The molecular formula is C17H16N2Na2O6S4. The Labute approximate surface area is 238 Å². The molecule has 0 fully saturated rings. The van der Waals surface area contributed by atoms with Gasteiger partial charge in [-0.2, -0.15) is 35.9 Å². The second kappa shape index (κ2) is 17.3. The molecular weight excluding hydrogens is 502 g/mol. The van der Waals surface area contributed by atoms with E-state index in [1.165, 1.54) is 24.3 Å². The summed E-state index contributed by atoms with van der Waals surface area (Å²) >= 11 is 10.5. The quantitative estimate of drug-likeness (QED) is 0.161. The van der Waals surface area contributed by atoms with Crippen molar-refractivity contribution in [3.63, 3.8) is 0 Å². The van der Waals surface area contributed by atoms with Gasteiger partial charge < -0.3 is 15.2 Å². The van der Waals surface area contributed by atoms with Crippen molar-refractivity contribution in [1.82, 2.24) is 5.32 Å². The third-order valence-electron chi connectivity index (χ3n) is 3.28. The summed E-state index contributed by atoms with van der Waals surface area (Å²) in [7, 11) is -7.55. The van der Waals surface area contributed by atoms with Crippen molar-refractivity contribution in [3.05, 3.63) is 60.2 Å². The van der Waals surface area contributed by atoms with Gasteiger partial charge in [-0.1, -0.05) is 12.2 Å². The summed E-state index contributed by atoms with van der Waals surface area (Å²) in [6.07, 6.45) is 1.43. The van der Waals surface area contributed by atoms with Crippen molar-refractivity contribution in [2.75, 3.05) is 11.9 Å². The molecule has 8 nitrogen and oxygen atoms in total. The second-order valence-electron chi connectivity index (χ2n) is 5.44. The topological polar surface area (TPSA) is 132 Å². The Morgan fingerprint density at radius 3 is 2.00 bits per heavy atom. The Hall–Kier alpha value is -0.250. The van der Waals surface area contributed by atoms with Gasteiger partial charge in [0.2, 0.25) is 0 Å². The largest absolute Gasteiger partial charge is 1.00 e. The Morgan fingerprint density at radius 1 is 1.00 bits per heavy atom. The zero-order chi connectivity index (χ0) is 21.9. The third kappa shape index (κ3) is 16.1. The van der Waals surface area contributed by atoms with Gasteiger partial charge in [0.1, 0.15) is 10.1 Å². The van der Waals surface area contributed by atoms with E-state index < -0.39 is 20.7 Å². The average Bonchev–Trinajstić information content (AvgIpc) is 2.61. The van der Waals surface area contributed by atoms with Crippen molar-refractivity contribution in [3.8, 4) is 0 Å². The summed E-state index contributed by atoms with van der Waals surface area (Å²) in [5.41, 5.74) is 1.74. The maximum atomic E-state index is 10.9. The molecule has 0 bridgehead atoms. The van der Waals surface area contributed by atoms with Crippen molar-refractivity contribution in [2.24, 2.45) is 0 Å².